The molecule has 5 heteroatoms. The molecule has 5 nitrogen and oxygen atoms in total. The molecule has 0 aliphatic carbocycles. The summed E-state index contributed by atoms with van der Waals surface area (Å²) >= 11 is 0. The molecule has 0 aromatic rings. The number of amidine groups is 1. The first-order valence-electron chi connectivity index (χ1n) is 4.08. The van der Waals surface area contributed by atoms with Crippen LogP contribution in [0.2, 0.25) is 0 Å². The van der Waals surface area contributed by atoms with E-state index in [1.165, 1.54) is 0 Å². The molecule has 1 heterocycles. The molecule has 0 radical (unpaired) electrons. The summed E-state index contributed by atoms with van der Waals surface area (Å²) in [6.45, 7) is 0. The van der Waals surface area contributed by atoms with Crippen LogP contribution in [-0.4, -0.2) is 35.7 Å². The average molecular weight is 158 g/mol. The first-order chi connectivity index (χ1) is 6.00. The third kappa shape index (κ3) is 2.12. The Bertz CT molecular complexity index is 290. The van der Waals surface area contributed by atoms with Gasteiger partial charge in [0.25, 0.3) is 0 Å². The van der Waals surface area contributed by atoms with Gasteiger partial charge in [-0.05, 0) is 0 Å². The fourth-order valence-electron chi connectivity index (χ4n) is 0.678. The van der Waals surface area contributed by atoms with Gasteiger partial charge in [-0.3, -0.25) is 9.79 Å². The lowest BCUT2D eigenvalue weighted by atomic mass is 10.1. The summed E-state index contributed by atoms with van der Waals surface area (Å²) < 4.78 is 14.2. The molecule has 0 amide bonds. The van der Waals surface area contributed by atoms with Crippen molar-refractivity contribution in [1.82, 2.24) is 0 Å². The quantitative estimate of drug-likeness (QED) is 0.531. The van der Waals surface area contributed by atoms with E-state index in [1.54, 1.807) is 0 Å². The Labute approximate surface area is 66.5 Å². The SMILES string of the molecule is [2H]C1=NC(CC([15NH2])C(=O)O)C([2H])=N1. The van der Waals surface area contributed by atoms with Crippen molar-refractivity contribution in [2.45, 2.75) is 18.5 Å². The second-order valence-electron chi connectivity index (χ2n) is 2.17. The molecule has 3 N–H and O–H groups in total. The van der Waals surface area contributed by atoms with Gasteiger partial charge in [0.15, 0.2) is 0 Å². The number of nitrogens with two attached hydrogens (primary N) is 1. The molecule has 0 aromatic heterocycles. The van der Waals surface area contributed by atoms with Crippen molar-refractivity contribution >= 4 is 18.5 Å². The van der Waals surface area contributed by atoms with Crippen LogP contribution >= 0.6 is 0 Å². The molecular weight excluding hydrogens is 147 g/mol. The summed E-state index contributed by atoms with van der Waals surface area (Å²) in [6.07, 6.45) is -0.325. The predicted octanol–water partition coefficient (Wildman–Crippen LogP) is -0.730. The highest BCUT2D eigenvalue weighted by atomic mass is 16.4. The first-order valence-corrected chi connectivity index (χ1v) is 3.08. The summed E-state index contributed by atoms with van der Waals surface area (Å²) in [5.74, 6) is -1.14. The normalized spacial score (nSPS) is 28.3. The molecule has 2 atom stereocenters. The summed E-state index contributed by atoms with van der Waals surface area (Å²) in [4.78, 5) is 17.4. The Kier molecular flexibility index (Phi) is 1.60. The summed E-state index contributed by atoms with van der Waals surface area (Å²) in [7, 11) is 0. The highest BCUT2D eigenvalue weighted by Gasteiger charge is 2.17. The highest BCUT2D eigenvalue weighted by molar-refractivity contribution is 5.83. The van der Waals surface area contributed by atoms with E-state index in [4.69, 9.17) is 13.6 Å². The van der Waals surface area contributed by atoms with Crippen LogP contribution in [0.1, 0.15) is 9.16 Å². The van der Waals surface area contributed by atoms with Gasteiger partial charge in [0, 0.05) is 12.6 Å². The minimum Gasteiger partial charge on any atom is -0.480 e. The predicted molar refractivity (Wildman–Crippen MR) is 41.0 cm³/mol. The smallest absolute Gasteiger partial charge is 0.320 e. The zero-order chi connectivity index (χ0) is 10.0. The van der Waals surface area contributed by atoms with Crippen molar-refractivity contribution in [3.63, 3.8) is 0 Å². The van der Waals surface area contributed by atoms with Gasteiger partial charge in [0.2, 0.25) is 0 Å². The minimum atomic E-state index is -1.14. The minimum absolute atomic E-state index is 0.0139. The van der Waals surface area contributed by atoms with Gasteiger partial charge in [0.05, 0.1) is 7.41 Å². The van der Waals surface area contributed by atoms with Crippen LogP contribution in [-0.2, 0) is 4.79 Å². The molecule has 1 rings (SSSR count). The number of carbonyl (C=O) groups is 1. The van der Waals surface area contributed by atoms with Gasteiger partial charge in [0.1, 0.15) is 13.7 Å². The van der Waals surface area contributed by atoms with Gasteiger partial charge >= 0.3 is 5.97 Å². The van der Waals surface area contributed by atoms with Crippen molar-refractivity contribution < 1.29 is 12.6 Å². The maximum absolute atomic E-state index is 10.4. The molecule has 0 aromatic carbocycles. The Hall–Kier alpha value is -1.23. The van der Waals surface area contributed by atoms with Gasteiger partial charge in [-0.25, -0.2) is 4.99 Å². The monoisotopic (exact) mass is 158 g/mol. The maximum atomic E-state index is 10.4. The standard InChI is InChI=1S/C6H9N3O2/c7-5(6(10)11)1-4-2-8-3-9-4/h2-5H,1,7H2,(H,10,11)/i2D,3D,7+1. The van der Waals surface area contributed by atoms with Crippen LogP contribution in [0.4, 0.5) is 0 Å². The molecule has 1 aliphatic heterocycles. The Morgan fingerprint density at radius 2 is 2.73 bits per heavy atom. The molecule has 0 fully saturated rings. The van der Waals surface area contributed by atoms with E-state index < -0.39 is 18.1 Å². The average Bonchev–Trinajstić information content (AvgIpc) is 2.30. The molecule has 0 bridgehead atoms. The summed E-state index contributed by atoms with van der Waals surface area (Å²) in [5, 5.41) is 8.47. The van der Waals surface area contributed by atoms with E-state index >= 15 is 0 Å². The number of carboxylic acid groups (broad SMARTS) is 1. The molecule has 2 unspecified atom stereocenters. The molecule has 11 heavy (non-hydrogen) atoms. The van der Waals surface area contributed by atoms with Gasteiger partial charge in [-0.1, -0.05) is 0 Å². The molecule has 0 saturated heterocycles. The number of rotatable bonds is 3. The second-order valence-corrected chi connectivity index (χ2v) is 2.17. The van der Waals surface area contributed by atoms with Gasteiger partial charge < -0.3 is 10.8 Å². The Morgan fingerprint density at radius 1 is 2.00 bits per heavy atom. The zero-order valence-electron chi connectivity index (χ0n) is 7.69. The molecule has 1 aliphatic rings. The second kappa shape index (κ2) is 3.25. The van der Waals surface area contributed by atoms with Crippen LogP contribution in [0.3, 0.4) is 0 Å². The third-order valence-electron chi connectivity index (χ3n) is 1.27. The van der Waals surface area contributed by atoms with Crippen molar-refractivity contribution in [1.29, 1.82) is 0 Å². The topological polar surface area (TPSA) is 88.0 Å². The first kappa shape index (κ1) is 5.42. The number of nitrogens with zero attached hydrogens (tertiary/aromatic N) is 2. The van der Waals surface area contributed by atoms with Crippen LogP contribution in [0.25, 0.3) is 0 Å². The number of hydrogen-bond acceptors (Lipinski definition) is 4. The maximum Gasteiger partial charge on any atom is 0.320 e. The lowest BCUT2D eigenvalue weighted by molar-refractivity contribution is -0.138. The Morgan fingerprint density at radius 3 is 3.18 bits per heavy atom. The third-order valence-corrected chi connectivity index (χ3v) is 1.27. The molecular formula is C6H9N3O2. The van der Waals surface area contributed by atoms with E-state index in [0.717, 1.165) is 0 Å². The fraction of sp³-hybridized carbons (Fsp3) is 0.500. The lowest BCUT2D eigenvalue weighted by Gasteiger charge is -2.06. The Balaban J connectivity index is 2.57. The van der Waals surface area contributed by atoms with Gasteiger partial charge in [-0.2, -0.15) is 0 Å². The van der Waals surface area contributed by atoms with E-state index in [9.17, 15) is 4.79 Å². The largest absolute Gasteiger partial charge is 0.480 e. The fourth-order valence-corrected chi connectivity index (χ4v) is 0.678. The number of hydrogen-bond donors (Lipinski definition) is 2. The molecule has 0 spiro atoms. The number of aliphatic imine (C=N–C) groups is 2. The van der Waals surface area contributed by atoms with Crippen molar-refractivity contribution in [3.05, 3.63) is 0 Å². The molecule has 0 saturated carbocycles. The number of aliphatic carboxylic acids is 1. The summed E-state index contributed by atoms with van der Waals surface area (Å²) in [5.41, 5.74) is 5.24. The number of carboxylic acids is 1. The van der Waals surface area contributed by atoms with Crippen LogP contribution < -0.4 is 5.73 Å². The summed E-state index contributed by atoms with van der Waals surface area (Å²) in [6, 6.07) is -1.73. The van der Waals surface area contributed by atoms with Gasteiger partial charge in [-0.15, -0.1) is 0 Å². The van der Waals surface area contributed by atoms with E-state index in [0.29, 0.717) is 0 Å². The molecule has 60 valence electrons. The van der Waals surface area contributed by atoms with Crippen molar-refractivity contribution in [2.75, 3.05) is 0 Å². The van der Waals surface area contributed by atoms with Crippen molar-refractivity contribution in [2.24, 2.45) is 15.7 Å². The van der Waals surface area contributed by atoms with Crippen LogP contribution in [0.5, 0.6) is 0 Å². The van der Waals surface area contributed by atoms with Crippen LogP contribution in [0, 0.1) is 0 Å². The van der Waals surface area contributed by atoms with Crippen LogP contribution in [0.15, 0.2) is 9.98 Å². The highest BCUT2D eigenvalue weighted by Crippen LogP contribution is 2.01. The van der Waals surface area contributed by atoms with Crippen molar-refractivity contribution in [3.8, 4) is 0 Å². The van der Waals surface area contributed by atoms with E-state index in [2.05, 4.69) is 9.98 Å². The zero-order valence-corrected chi connectivity index (χ0v) is 5.69. The van der Waals surface area contributed by atoms with E-state index in [1.807, 2.05) is 0 Å². The van der Waals surface area contributed by atoms with E-state index in [-0.39, 0.29) is 18.9 Å². The lowest BCUT2D eigenvalue weighted by Crippen LogP contribution is -2.33.